The molecule has 1 atom stereocenters. The molecule has 4 rings (SSSR count). The largest absolute Gasteiger partial charge is 0.419 e. The molecule has 2 heterocycles. The summed E-state index contributed by atoms with van der Waals surface area (Å²) in [5.74, 6) is -2.83. The molecule has 0 unspecified atom stereocenters. The third-order valence-electron chi connectivity index (χ3n) is 7.04. The van der Waals surface area contributed by atoms with Gasteiger partial charge in [0.05, 0.1) is 34.9 Å². The number of alkyl halides is 3. The molecular formula is C30H29F4N5O4S. The van der Waals surface area contributed by atoms with E-state index in [0.717, 1.165) is 16.5 Å². The van der Waals surface area contributed by atoms with Crippen molar-refractivity contribution in [3.8, 4) is 5.69 Å². The maximum absolute atomic E-state index is 13.9. The minimum atomic E-state index is -4.98. The minimum Gasteiger partial charge on any atom is -0.331 e. The molecule has 0 aliphatic carbocycles. The summed E-state index contributed by atoms with van der Waals surface area (Å²) in [7, 11) is -1.98. The Morgan fingerprint density at radius 3 is 2.48 bits per heavy atom. The molecule has 0 bridgehead atoms. The van der Waals surface area contributed by atoms with Gasteiger partial charge in [-0.25, -0.2) is 22.8 Å². The summed E-state index contributed by atoms with van der Waals surface area (Å²) >= 11 is 0. The summed E-state index contributed by atoms with van der Waals surface area (Å²) in [6.45, 7) is 2.64. The van der Waals surface area contributed by atoms with Crippen molar-refractivity contribution in [3.63, 3.8) is 0 Å². The molecule has 0 radical (unpaired) electrons. The number of rotatable bonds is 10. The van der Waals surface area contributed by atoms with Crippen LogP contribution in [0.15, 0.2) is 70.6 Å². The molecule has 0 spiro atoms. The SMILES string of the molecule is CCS(=O)(=O)CCN(C(=O)Cc1ccc(F)c(C(F)(F)F)c1)[C@H](C)c1nc2ncccc2c(=O)n1-c1ccc(C=NC)cc1. The highest BCUT2D eigenvalue weighted by Crippen LogP contribution is 2.32. The number of carbonyl (C=O) groups is 1. The highest BCUT2D eigenvalue weighted by Gasteiger charge is 2.35. The van der Waals surface area contributed by atoms with E-state index in [1.54, 1.807) is 49.7 Å². The van der Waals surface area contributed by atoms with E-state index < -0.39 is 57.1 Å². The van der Waals surface area contributed by atoms with E-state index in [9.17, 15) is 35.6 Å². The number of carbonyl (C=O) groups excluding carboxylic acids is 1. The van der Waals surface area contributed by atoms with E-state index >= 15 is 0 Å². The zero-order valence-corrected chi connectivity index (χ0v) is 24.9. The van der Waals surface area contributed by atoms with Crippen LogP contribution in [0.25, 0.3) is 16.7 Å². The van der Waals surface area contributed by atoms with Gasteiger partial charge >= 0.3 is 6.18 Å². The summed E-state index contributed by atoms with van der Waals surface area (Å²) in [5, 5.41) is 0.195. The number of benzene rings is 2. The lowest BCUT2D eigenvalue weighted by atomic mass is 10.1. The van der Waals surface area contributed by atoms with Crippen molar-refractivity contribution in [2.24, 2.45) is 4.99 Å². The predicted molar refractivity (Wildman–Crippen MR) is 158 cm³/mol. The summed E-state index contributed by atoms with van der Waals surface area (Å²) in [6, 6.07) is 11.1. The molecule has 1 amide bonds. The van der Waals surface area contributed by atoms with Crippen molar-refractivity contribution in [3.05, 3.63) is 99.5 Å². The fraction of sp³-hybridized carbons (Fsp3) is 0.300. The van der Waals surface area contributed by atoms with Gasteiger partial charge in [0.2, 0.25) is 5.91 Å². The van der Waals surface area contributed by atoms with Crippen molar-refractivity contribution in [1.82, 2.24) is 19.4 Å². The van der Waals surface area contributed by atoms with Crippen LogP contribution in [-0.2, 0) is 27.2 Å². The molecule has 0 saturated heterocycles. The number of sulfone groups is 1. The maximum Gasteiger partial charge on any atom is 0.419 e. The van der Waals surface area contributed by atoms with E-state index in [-0.39, 0.29) is 34.7 Å². The van der Waals surface area contributed by atoms with Crippen LogP contribution < -0.4 is 5.56 Å². The second-order valence-corrected chi connectivity index (χ2v) is 12.4. The van der Waals surface area contributed by atoms with Crippen molar-refractivity contribution in [2.75, 3.05) is 25.1 Å². The predicted octanol–water partition coefficient (Wildman–Crippen LogP) is 4.55. The Morgan fingerprint density at radius 2 is 1.84 bits per heavy atom. The third kappa shape index (κ3) is 7.18. The first-order valence-electron chi connectivity index (χ1n) is 13.5. The minimum absolute atomic E-state index is 0.0513. The quantitative estimate of drug-likeness (QED) is 0.187. The van der Waals surface area contributed by atoms with E-state index in [0.29, 0.717) is 17.8 Å². The number of aliphatic imine (C=N–C) groups is 1. The van der Waals surface area contributed by atoms with E-state index in [2.05, 4.69) is 15.0 Å². The zero-order valence-electron chi connectivity index (χ0n) is 24.0. The first kappa shape index (κ1) is 32.5. The monoisotopic (exact) mass is 631 g/mol. The van der Waals surface area contributed by atoms with Crippen molar-refractivity contribution < 1.29 is 30.8 Å². The maximum atomic E-state index is 13.9. The number of aromatic nitrogens is 3. The summed E-state index contributed by atoms with van der Waals surface area (Å²) in [5.41, 5.74) is -0.906. The van der Waals surface area contributed by atoms with Crippen molar-refractivity contribution in [2.45, 2.75) is 32.5 Å². The summed E-state index contributed by atoms with van der Waals surface area (Å²) in [6.07, 6.45) is -2.52. The number of hydrogen-bond acceptors (Lipinski definition) is 7. The Balaban J connectivity index is 1.84. The first-order chi connectivity index (χ1) is 20.8. The lowest BCUT2D eigenvalue weighted by molar-refractivity contribution is -0.140. The molecule has 4 aromatic rings. The highest BCUT2D eigenvalue weighted by atomic mass is 32.2. The molecule has 14 heteroatoms. The fourth-order valence-corrected chi connectivity index (χ4v) is 5.42. The first-order valence-corrected chi connectivity index (χ1v) is 15.3. The van der Waals surface area contributed by atoms with Gasteiger partial charge in [0.25, 0.3) is 5.56 Å². The van der Waals surface area contributed by atoms with Gasteiger partial charge in [0.1, 0.15) is 11.6 Å². The van der Waals surface area contributed by atoms with Crippen LogP contribution in [0.5, 0.6) is 0 Å². The molecular weight excluding hydrogens is 602 g/mol. The van der Waals surface area contributed by atoms with Gasteiger partial charge in [-0.15, -0.1) is 0 Å². The number of hydrogen-bond donors (Lipinski definition) is 0. The van der Waals surface area contributed by atoms with Crippen LogP contribution in [0.2, 0.25) is 0 Å². The average molecular weight is 632 g/mol. The Kier molecular flexibility index (Phi) is 9.62. The van der Waals surface area contributed by atoms with Gasteiger partial charge in [-0.1, -0.05) is 25.1 Å². The molecule has 0 N–H and O–H groups in total. The van der Waals surface area contributed by atoms with Gasteiger partial charge in [0.15, 0.2) is 15.5 Å². The molecule has 9 nitrogen and oxygen atoms in total. The van der Waals surface area contributed by atoms with Crippen LogP contribution >= 0.6 is 0 Å². The Hall–Kier alpha value is -4.46. The van der Waals surface area contributed by atoms with E-state index in [1.807, 2.05) is 0 Å². The number of nitrogens with zero attached hydrogens (tertiary/aromatic N) is 5. The second-order valence-electron chi connectivity index (χ2n) is 9.95. The average Bonchev–Trinajstić information content (AvgIpc) is 2.98. The molecule has 44 heavy (non-hydrogen) atoms. The van der Waals surface area contributed by atoms with Crippen LogP contribution in [0, 0.1) is 5.82 Å². The van der Waals surface area contributed by atoms with Crippen LogP contribution in [0.1, 0.15) is 42.4 Å². The summed E-state index contributed by atoms with van der Waals surface area (Å²) in [4.78, 5) is 41.4. The summed E-state index contributed by atoms with van der Waals surface area (Å²) < 4.78 is 80.1. The standard InChI is InChI=1S/C30H29F4N5O4S/c1-4-44(42,43)15-14-38(26(40)17-21-9-12-25(31)24(16-21)30(32,33)34)19(2)28-37-27-23(6-5-13-36-27)29(41)39(28)22-10-7-20(8-11-22)18-35-3/h5-13,16,18-19H,4,14-15,17H2,1-3H3/t19-/m1/s1. The second kappa shape index (κ2) is 13.0. The zero-order chi connectivity index (χ0) is 32.2. The van der Waals surface area contributed by atoms with Crippen LogP contribution in [0.3, 0.4) is 0 Å². The molecule has 0 aliphatic rings. The molecule has 0 fully saturated rings. The van der Waals surface area contributed by atoms with Gasteiger partial charge in [-0.3, -0.25) is 19.1 Å². The molecule has 2 aromatic carbocycles. The number of pyridine rings is 1. The Bertz CT molecular complexity index is 1870. The number of amides is 1. The molecule has 2 aromatic heterocycles. The van der Waals surface area contributed by atoms with Gasteiger partial charge in [0, 0.05) is 31.8 Å². The molecule has 0 aliphatic heterocycles. The molecule has 0 saturated carbocycles. The van der Waals surface area contributed by atoms with Gasteiger partial charge < -0.3 is 4.90 Å². The number of halogens is 4. The lowest BCUT2D eigenvalue weighted by Gasteiger charge is -2.30. The van der Waals surface area contributed by atoms with Crippen molar-refractivity contribution >= 4 is 33.0 Å². The fourth-order valence-electron chi connectivity index (χ4n) is 4.66. The topological polar surface area (TPSA) is 115 Å². The lowest BCUT2D eigenvalue weighted by Crippen LogP contribution is -2.41. The Morgan fingerprint density at radius 1 is 1.14 bits per heavy atom. The van der Waals surface area contributed by atoms with E-state index in [1.165, 1.54) is 24.6 Å². The highest BCUT2D eigenvalue weighted by molar-refractivity contribution is 7.91. The third-order valence-corrected chi connectivity index (χ3v) is 8.72. The smallest absolute Gasteiger partial charge is 0.331 e. The van der Waals surface area contributed by atoms with Crippen LogP contribution in [0.4, 0.5) is 17.6 Å². The molecule has 232 valence electrons. The van der Waals surface area contributed by atoms with Crippen LogP contribution in [-0.4, -0.2) is 65.1 Å². The normalized spacial score (nSPS) is 13.0. The number of fused-ring (bicyclic) bond motifs is 1. The van der Waals surface area contributed by atoms with E-state index in [4.69, 9.17) is 0 Å². The Labute approximate surface area is 250 Å². The van der Waals surface area contributed by atoms with Gasteiger partial charge in [-0.05, 0) is 54.4 Å². The van der Waals surface area contributed by atoms with Gasteiger partial charge in [-0.2, -0.15) is 13.2 Å². The van der Waals surface area contributed by atoms with Crippen molar-refractivity contribution in [1.29, 1.82) is 0 Å².